The fourth-order valence-electron chi connectivity index (χ4n) is 2.53. The van der Waals surface area contributed by atoms with Crippen LogP contribution in [-0.2, 0) is 4.79 Å². The van der Waals surface area contributed by atoms with E-state index >= 15 is 0 Å². The van der Waals surface area contributed by atoms with Crippen molar-refractivity contribution in [2.45, 2.75) is 24.9 Å². The molecule has 1 aliphatic rings. The van der Waals surface area contributed by atoms with Crippen LogP contribution in [0.4, 0.5) is 5.82 Å². The number of anilines is 1. The van der Waals surface area contributed by atoms with Crippen LogP contribution in [0.5, 0.6) is 0 Å². The summed E-state index contributed by atoms with van der Waals surface area (Å²) in [5.41, 5.74) is 1.96. The number of nitrogens with zero attached hydrogens (tertiary/aromatic N) is 2. The second-order valence-corrected chi connectivity index (χ2v) is 5.38. The van der Waals surface area contributed by atoms with Crippen molar-refractivity contribution in [2.24, 2.45) is 0 Å². The van der Waals surface area contributed by atoms with Crippen LogP contribution in [-0.4, -0.2) is 28.0 Å². The molecule has 1 aliphatic carbocycles. The Balaban J connectivity index is 1.59. The quantitative estimate of drug-likeness (QED) is 0.831. The number of amides is 1. The van der Waals surface area contributed by atoms with Crippen LogP contribution in [0, 0.1) is 0 Å². The maximum Gasteiger partial charge on any atom is 0.243 e. The van der Waals surface area contributed by atoms with Gasteiger partial charge < -0.3 is 10.6 Å². The summed E-state index contributed by atoms with van der Waals surface area (Å²) in [5.74, 6) is 0.698. The molecule has 2 aromatic rings. The molecule has 0 spiro atoms. The van der Waals surface area contributed by atoms with Crippen LogP contribution < -0.4 is 10.6 Å². The zero-order valence-electron chi connectivity index (χ0n) is 12.2. The van der Waals surface area contributed by atoms with Gasteiger partial charge in [0.05, 0.1) is 5.69 Å². The Morgan fingerprint density at radius 2 is 1.95 bits per heavy atom. The minimum Gasteiger partial charge on any atom is -0.367 e. The number of carbonyl (C=O) groups excluding carboxylic acids is 1. The van der Waals surface area contributed by atoms with Gasteiger partial charge in [-0.3, -0.25) is 4.79 Å². The molecule has 5 heteroatoms. The van der Waals surface area contributed by atoms with Crippen molar-refractivity contribution in [1.29, 1.82) is 0 Å². The molecule has 1 aromatic carbocycles. The average molecular weight is 294 g/mol. The van der Waals surface area contributed by atoms with Crippen molar-refractivity contribution in [3.63, 3.8) is 0 Å². The zero-order chi connectivity index (χ0) is 15.4. The van der Waals surface area contributed by atoms with E-state index in [1.807, 2.05) is 36.4 Å². The first-order valence-corrected chi connectivity index (χ1v) is 7.31. The molecule has 0 atom stereocenters. The monoisotopic (exact) mass is 294 g/mol. The van der Waals surface area contributed by atoms with E-state index in [-0.39, 0.29) is 11.9 Å². The third-order valence-corrected chi connectivity index (χ3v) is 3.76. The molecule has 0 unspecified atom stereocenters. The third kappa shape index (κ3) is 3.31. The van der Waals surface area contributed by atoms with Gasteiger partial charge in [0.1, 0.15) is 12.1 Å². The van der Waals surface area contributed by atoms with E-state index in [9.17, 15) is 4.79 Å². The average Bonchev–Trinajstić information content (AvgIpc) is 2.53. The largest absolute Gasteiger partial charge is 0.367 e. The number of nitrogens with one attached hydrogen (secondary N) is 2. The predicted molar refractivity (Wildman–Crippen MR) is 86.2 cm³/mol. The van der Waals surface area contributed by atoms with Gasteiger partial charge in [-0.1, -0.05) is 36.9 Å². The molecule has 112 valence electrons. The van der Waals surface area contributed by atoms with Crippen molar-refractivity contribution in [3.8, 4) is 11.3 Å². The summed E-state index contributed by atoms with van der Waals surface area (Å²) >= 11 is 0. The third-order valence-electron chi connectivity index (χ3n) is 3.76. The Kier molecular flexibility index (Phi) is 4.14. The molecule has 0 bridgehead atoms. The predicted octanol–water partition coefficient (Wildman–Crippen LogP) is 2.39. The first kappa shape index (κ1) is 14.3. The minimum absolute atomic E-state index is 0.114. The fourth-order valence-corrected chi connectivity index (χ4v) is 2.53. The van der Waals surface area contributed by atoms with E-state index < -0.39 is 0 Å². The number of carbonyl (C=O) groups is 1. The highest BCUT2D eigenvalue weighted by Crippen LogP contribution is 2.25. The summed E-state index contributed by atoms with van der Waals surface area (Å²) in [4.78, 5) is 19.8. The highest BCUT2D eigenvalue weighted by molar-refractivity contribution is 5.87. The topological polar surface area (TPSA) is 66.9 Å². The lowest BCUT2D eigenvalue weighted by Gasteiger charge is -2.36. The first-order valence-electron chi connectivity index (χ1n) is 7.31. The van der Waals surface area contributed by atoms with Crippen molar-refractivity contribution < 1.29 is 4.79 Å². The lowest BCUT2D eigenvalue weighted by atomic mass is 9.86. The molecule has 1 fully saturated rings. The van der Waals surface area contributed by atoms with Crippen molar-refractivity contribution in [1.82, 2.24) is 15.3 Å². The van der Waals surface area contributed by atoms with Gasteiger partial charge >= 0.3 is 0 Å². The van der Waals surface area contributed by atoms with Crippen LogP contribution in [0.1, 0.15) is 12.8 Å². The van der Waals surface area contributed by atoms with Crippen LogP contribution in [0.3, 0.4) is 0 Å². The van der Waals surface area contributed by atoms with Crippen molar-refractivity contribution in [3.05, 3.63) is 55.4 Å². The van der Waals surface area contributed by atoms with Gasteiger partial charge in [0, 0.05) is 23.7 Å². The van der Waals surface area contributed by atoms with Gasteiger partial charge in [0.2, 0.25) is 5.91 Å². The molecule has 0 aliphatic heterocycles. The molecular weight excluding hydrogens is 276 g/mol. The SMILES string of the molecule is C=CC(=O)NC1CC(Nc2cc(-c3ccccc3)ncn2)C1. The number of hydrogen-bond donors (Lipinski definition) is 2. The molecule has 1 heterocycles. The van der Waals surface area contributed by atoms with Crippen molar-refractivity contribution in [2.75, 3.05) is 5.32 Å². The maximum atomic E-state index is 11.2. The maximum absolute atomic E-state index is 11.2. The summed E-state index contributed by atoms with van der Waals surface area (Å²) in [6, 6.07) is 12.5. The standard InChI is InChI=1S/C17H18N4O/c1-2-17(22)21-14-8-13(9-14)20-16-10-15(18-11-19-16)12-6-4-3-5-7-12/h2-7,10-11,13-14H,1,8-9H2,(H,21,22)(H,18,19,20). The van der Waals surface area contributed by atoms with Crippen LogP contribution in [0.15, 0.2) is 55.4 Å². The molecule has 5 nitrogen and oxygen atoms in total. The number of benzene rings is 1. The summed E-state index contributed by atoms with van der Waals surface area (Å²) in [6.45, 7) is 3.45. The highest BCUT2D eigenvalue weighted by atomic mass is 16.1. The summed E-state index contributed by atoms with van der Waals surface area (Å²) in [7, 11) is 0. The van der Waals surface area contributed by atoms with Gasteiger partial charge in [-0.15, -0.1) is 0 Å². The van der Waals surface area contributed by atoms with E-state index in [1.54, 1.807) is 6.33 Å². The molecule has 1 saturated carbocycles. The number of hydrogen-bond acceptors (Lipinski definition) is 4. The molecule has 2 N–H and O–H groups in total. The summed E-state index contributed by atoms with van der Waals surface area (Å²) in [6.07, 6.45) is 4.66. The van der Waals surface area contributed by atoms with E-state index in [0.717, 1.165) is 29.9 Å². The van der Waals surface area contributed by atoms with Gasteiger partial charge in [0.25, 0.3) is 0 Å². The second kappa shape index (κ2) is 6.39. The lowest BCUT2D eigenvalue weighted by molar-refractivity contribution is -0.117. The highest BCUT2D eigenvalue weighted by Gasteiger charge is 2.29. The molecule has 0 saturated heterocycles. The van der Waals surface area contributed by atoms with E-state index in [2.05, 4.69) is 27.2 Å². The first-order chi connectivity index (χ1) is 10.7. The smallest absolute Gasteiger partial charge is 0.243 e. The Bertz CT molecular complexity index is 665. The van der Waals surface area contributed by atoms with Crippen LogP contribution in [0.2, 0.25) is 0 Å². The number of aromatic nitrogens is 2. The molecule has 1 amide bonds. The molecule has 1 aromatic heterocycles. The van der Waals surface area contributed by atoms with Gasteiger partial charge in [0.15, 0.2) is 0 Å². The van der Waals surface area contributed by atoms with E-state index in [1.165, 1.54) is 6.08 Å². The summed E-state index contributed by atoms with van der Waals surface area (Å²) in [5, 5.41) is 6.27. The Labute approximate surface area is 129 Å². The fraction of sp³-hybridized carbons (Fsp3) is 0.235. The molecule has 0 radical (unpaired) electrons. The van der Waals surface area contributed by atoms with E-state index in [0.29, 0.717) is 6.04 Å². The van der Waals surface area contributed by atoms with Gasteiger partial charge in [-0.05, 0) is 18.9 Å². The van der Waals surface area contributed by atoms with Gasteiger partial charge in [-0.2, -0.15) is 0 Å². The lowest BCUT2D eigenvalue weighted by Crippen LogP contribution is -2.49. The van der Waals surface area contributed by atoms with Crippen LogP contribution in [0.25, 0.3) is 11.3 Å². The second-order valence-electron chi connectivity index (χ2n) is 5.38. The number of rotatable bonds is 5. The normalized spacial score (nSPS) is 19.8. The minimum atomic E-state index is -0.114. The van der Waals surface area contributed by atoms with E-state index in [4.69, 9.17) is 0 Å². The van der Waals surface area contributed by atoms with Gasteiger partial charge in [-0.25, -0.2) is 9.97 Å². The van der Waals surface area contributed by atoms with Crippen LogP contribution >= 0.6 is 0 Å². The van der Waals surface area contributed by atoms with Crippen molar-refractivity contribution >= 4 is 11.7 Å². The molecule has 22 heavy (non-hydrogen) atoms. The summed E-state index contributed by atoms with van der Waals surface area (Å²) < 4.78 is 0. The Morgan fingerprint density at radius 3 is 2.68 bits per heavy atom. The zero-order valence-corrected chi connectivity index (χ0v) is 12.2. The molecular formula is C17H18N4O. The molecule has 3 rings (SSSR count). The Hall–Kier alpha value is -2.69. The Morgan fingerprint density at radius 1 is 1.18 bits per heavy atom.